The van der Waals surface area contributed by atoms with Gasteiger partial charge in [0.1, 0.15) is 12.4 Å². The second kappa shape index (κ2) is 6.41. The van der Waals surface area contributed by atoms with Crippen LogP contribution < -0.4 is 10.1 Å². The molecule has 0 amide bonds. The monoisotopic (exact) mass is 299 g/mol. The fraction of sp³-hybridized carbons (Fsp3) is 0.571. The Balaban J connectivity index is 2.34. The minimum atomic E-state index is 0.193. The zero-order valence-electron chi connectivity index (χ0n) is 11.1. The molecule has 1 aromatic rings. The van der Waals surface area contributed by atoms with E-state index in [1.165, 1.54) is 5.56 Å². The lowest BCUT2D eigenvalue weighted by atomic mass is 10.0. The molecule has 0 atom stereocenters. The smallest absolute Gasteiger partial charge is 0.119 e. The maximum atomic E-state index is 5.70. The van der Waals surface area contributed by atoms with Crippen LogP contribution in [0.15, 0.2) is 22.7 Å². The molecule has 96 valence electrons. The summed E-state index contributed by atoms with van der Waals surface area (Å²) in [6.45, 7) is 10.2. The van der Waals surface area contributed by atoms with Crippen LogP contribution in [0.5, 0.6) is 5.75 Å². The number of ether oxygens (including phenoxy) is 1. The van der Waals surface area contributed by atoms with Crippen LogP contribution in [-0.2, 0) is 0 Å². The summed E-state index contributed by atoms with van der Waals surface area (Å²) < 4.78 is 6.82. The largest absolute Gasteiger partial charge is 0.492 e. The van der Waals surface area contributed by atoms with E-state index in [9.17, 15) is 0 Å². The molecule has 0 saturated carbocycles. The van der Waals surface area contributed by atoms with Crippen LogP contribution in [0.1, 0.15) is 32.8 Å². The predicted octanol–water partition coefficient (Wildman–Crippen LogP) is 3.91. The highest BCUT2D eigenvalue weighted by molar-refractivity contribution is 9.10. The standard InChI is InChI=1S/C14H22BrNO/c1-5-14(3,4)16-8-9-17-12-6-7-13(15)11(2)10-12/h6-7,10,16H,5,8-9H2,1-4H3. The number of aryl methyl sites for hydroxylation is 1. The quantitative estimate of drug-likeness (QED) is 0.804. The van der Waals surface area contributed by atoms with Gasteiger partial charge in [-0.15, -0.1) is 0 Å². The molecule has 0 spiro atoms. The van der Waals surface area contributed by atoms with E-state index in [1.807, 2.05) is 12.1 Å². The van der Waals surface area contributed by atoms with E-state index in [-0.39, 0.29) is 5.54 Å². The lowest BCUT2D eigenvalue weighted by Gasteiger charge is -2.24. The molecule has 1 N–H and O–H groups in total. The number of nitrogens with one attached hydrogen (secondary N) is 1. The number of halogens is 1. The van der Waals surface area contributed by atoms with Crippen molar-refractivity contribution in [3.63, 3.8) is 0 Å². The molecular weight excluding hydrogens is 278 g/mol. The van der Waals surface area contributed by atoms with Crippen LogP contribution in [0.2, 0.25) is 0 Å². The Bertz CT molecular complexity index is 363. The topological polar surface area (TPSA) is 21.3 Å². The second-order valence-electron chi connectivity index (χ2n) is 4.92. The Kier molecular flexibility index (Phi) is 5.47. The molecule has 0 saturated heterocycles. The molecule has 0 unspecified atom stereocenters. The lowest BCUT2D eigenvalue weighted by Crippen LogP contribution is -2.40. The van der Waals surface area contributed by atoms with Crippen molar-refractivity contribution in [1.82, 2.24) is 5.32 Å². The molecule has 1 aromatic carbocycles. The van der Waals surface area contributed by atoms with Crippen molar-refractivity contribution in [3.05, 3.63) is 28.2 Å². The maximum Gasteiger partial charge on any atom is 0.119 e. The summed E-state index contributed by atoms with van der Waals surface area (Å²) in [6.07, 6.45) is 1.12. The van der Waals surface area contributed by atoms with Crippen LogP contribution in [0.3, 0.4) is 0 Å². The van der Waals surface area contributed by atoms with Crippen molar-refractivity contribution in [3.8, 4) is 5.75 Å². The number of hydrogen-bond acceptors (Lipinski definition) is 2. The highest BCUT2D eigenvalue weighted by atomic mass is 79.9. The molecule has 0 fully saturated rings. The van der Waals surface area contributed by atoms with E-state index in [1.54, 1.807) is 0 Å². The van der Waals surface area contributed by atoms with Crippen molar-refractivity contribution in [2.75, 3.05) is 13.2 Å². The highest BCUT2D eigenvalue weighted by Crippen LogP contribution is 2.21. The van der Waals surface area contributed by atoms with Crippen molar-refractivity contribution in [1.29, 1.82) is 0 Å². The fourth-order valence-corrected chi connectivity index (χ4v) is 1.64. The molecule has 1 rings (SSSR count). The first-order valence-electron chi connectivity index (χ1n) is 6.08. The van der Waals surface area contributed by atoms with Gasteiger partial charge in [-0.25, -0.2) is 0 Å². The van der Waals surface area contributed by atoms with Crippen molar-refractivity contribution in [2.24, 2.45) is 0 Å². The van der Waals surface area contributed by atoms with Gasteiger partial charge in [0, 0.05) is 16.6 Å². The van der Waals surface area contributed by atoms with E-state index in [4.69, 9.17) is 4.74 Å². The molecule has 3 heteroatoms. The molecule has 0 radical (unpaired) electrons. The van der Waals surface area contributed by atoms with E-state index < -0.39 is 0 Å². The number of benzene rings is 1. The molecule has 0 aromatic heterocycles. The summed E-state index contributed by atoms with van der Waals surface area (Å²) in [6, 6.07) is 6.06. The number of rotatable bonds is 6. The molecular formula is C14H22BrNO. The summed E-state index contributed by atoms with van der Waals surface area (Å²) >= 11 is 3.48. The molecule has 0 aliphatic rings. The third-order valence-corrected chi connectivity index (χ3v) is 3.88. The Morgan fingerprint density at radius 2 is 2.06 bits per heavy atom. The first kappa shape index (κ1) is 14.5. The molecule has 2 nitrogen and oxygen atoms in total. The van der Waals surface area contributed by atoms with Gasteiger partial charge in [0.15, 0.2) is 0 Å². The SMILES string of the molecule is CCC(C)(C)NCCOc1ccc(Br)c(C)c1. The minimum absolute atomic E-state index is 0.193. The predicted molar refractivity (Wildman–Crippen MR) is 76.7 cm³/mol. The molecule has 17 heavy (non-hydrogen) atoms. The maximum absolute atomic E-state index is 5.70. The van der Waals surface area contributed by atoms with E-state index in [2.05, 4.69) is 55.0 Å². The summed E-state index contributed by atoms with van der Waals surface area (Å²) in [4.78, 5) is 0. The molecule has 0 bridgehead atoms. The summed E-state index contributed by atoms with van der Waals surface area (Å²) in [5.74, 6) is 0.932. The normalized spacial score (nSPS) is 11.6. The third-order valence-electron chi connectivity index (χ3n) is 2.99. The van der Waals surface area contributed by atoms with Gasteiger partial charge in [-0.2, -0.15) is 0 Å². The van der Waals surface area contributed by atoms with Crippen LogP contribution in [0.25, 0.3) is 0 Å². The first-order chi connectivity index (χ1) is 7.94. The van der Waals surface area contributed by atoms with Gasteiger partial charge < -0.3 is 10.1 Å². The minimum Gasteiger partial charge on any atom is -0.492 e. The second-order valence-corrected chi connectivity index (χ2v) is 5.78. The van der Waals surface area contributed by atoms with E-state index in [0.29, 0.717) is 6.61 Å². The summed E-state index contributed by atoms with van der Waals surface area (Å²) in [5.41, 5.74) is 1.39. The van der Waals surface area contributed by atoms with Crippen molar-refractivity contribution in [2.45, 2.75) is 39.7 Å². The Hall–Kier alpha value is -0.540. The zero-order chi connectivity index (χ0) is 12.9. The first-order valence-corrected chi connectivity index (χ1v) is 6.88. The van der Waals surface area contributed by atoms with Gasteiger partial charge in [0.25, 0.3) is 0 Å². The fourth-order valence-electron chi connectivity index (χ4n) is 1.39. The molecule has 0 aliphatic heterocycles. The molecule has 0 aliphatic carbocycles. The van der Waals surface area contributed by atoms with Gasteiger partial charge in [0.2, 0.25) is 0 Å². The Morgan fingerprint density at radius 3 is 2.65 bits per heavy atom. The van der Waals surface area contributed by atoms with Gasteiger partial charge in [0.05, 0.1) is 0 Å². The van der Waals surface area contributed by atoms with Crippen LogP contribution in [0.4, 0.5) is 0 Å². The Morgan fingerprint density at radius 1 is 1.35 bits per heavy atom. The van der Waals surface area contributed by atoms with Gasteiger partial charge in [-0.3, -0.25) is 0 Å². The highest BCUT2D eigenvalue weighted by Gasteiger charge is 2.12. The Labute approximate surface area is 113 Å². The van der Waals surface area contributed by atoms with E-state index in [0.717, 1.165) is 23.2 Å². The lowest BCUT2D eigenvalue weighted by molar-refractivity contribution is 0.280. The molecule has 0 heterocycles. The average molecular weight is 300 g/mol. The van der Waals surface area contributed by atoms with Gasteiger partial charge in [-0.1, -0.05) is 22.9 Å². The number of hydrogen-bond donors (Lipinski definition) is 1. The van der Waals surface area contributed by atoms with Gasteiger partial charge >= 0.3 is 0 Å². The third kappa shape index (κ3) is 5.09. The van der Waals surface area contributed by atoms with Gasteiger partial charge in [-0.05, 0) is 51.0 Å². The van der Waals surface area contributed by atoms with Crippen LogP contribution in [0, 0.1) is 6.92 Å². The zero-order valence-corrected chi connectivity index (χ0v) is 12.7. The van der Waals surface area contributed by atoms with Crippen molar-refractivity contribution < 1.29 is 4.74 Å². The van der Waals surface area contributed by atoms with E-state index >= 15 is 0 Å². The average Bonchev–Trinajstić information content (AvgIpc) is 2.29. The summed E-state index contributed by atoms with van der Waals surface area (Å²) in [7, 11) is 0. The van der Waals surface area contributed by atoms with Crippen molar-refractivity contribution >= 4 is 15.9 Å². The van der Waals surface area contributed by atoms with Crippen LogP contribution >= 0.6 is 15.9 Å². The summed E-state index contributed by atoms with van der Waals surface area (Å²) in [5, 5.41) is 3.47. The van der Waals surface area contributed by atoms with Crippen LogP contribution in [-0.4, -0.2) is 18.7 Å².